The molecule has 0 aliphatic carbocycles. The Bertz CT molecular complexity index is 410. The third-order valence-corrected chi connectivity index (χ3v) is 3.66. The normalized spacial score (nSPS) is 21.9. The lowest BCUT2D eigenvalue weighted by atomic mass is 10.1. The third-order valence-electron chi connectivity index (χ3n) is 3.66. The molecular weight excluding hydrogens is 268 g/mol. The number of nitrogens with zero attached hydrogens (tertiary/aromatic N) is 1. The number of rotatable bonds is 8. The molecule has 1 heterocycles. The van der Waals surface area contributed by atoms with Crippen LogP contribution in [0, 0.1) is 0 Å². The maximum absolute atomic E-state index is 9.52. The number of ether oxygens (including phenoxy) is 2. The van der Waals surface area contributed by atoms with Gasteiger partial charge >= 0.3 is 0 Å². The van der Waals surface area contributed by atoms with E-state index in [-0.39, 0.29) is 6.10 Å². The van der Waals surface area contributed by atoms with Gasteiger partial charge in [0.05, 0.1) is 12.7 Å². The Kier molecular flexibility index (Phi) is 6.45. The number of likely N-dealkylation sites (N-methyl/N-ethyl adjacent to an activating group) is 1. The molecule has 0 spiro atoms. The lowest BCUT2D eigenvalue weighted by Gasteiger charge is -2.21. The van der Waals surface area contributed by atoms with Crippen molar-refractivity contribution in [1.29, 1.82) is 0 Å². The van der Waals surface area contributed by atoms with Gasteiger partial charge in [0.2, 0.25) is 0 Å². The summed E-state index contributed by atoms with van der Waals surface area (Å²) in [4.78, 5) is 2.27. The van der Waals surface area contributed by atoms with Crippen molar-refractivity contribution in [3.05, 3.63) is 29.8 Å². The highest BCUT2D eigenvalue weighted by molar-refractivity contribution is 5.27. The predicted molar refractivity (Wildman–Crippen MR) is 82.6 cm³/mol. The molecule has 1 aromatic carbocycles. The van der Waals surface area contributed by atoms with Crippen LogP contribution in [0.4, 0.5) is 0 Å². The quantitative estimate of drug-likeness (QED) is 0.697. The third kappa shape index (κ3) is 5.63. The van der Waals surface area contributed by atoms with Gasteiger partial charge in [-0.15, -0.1) is 0 Å². The van der Waals surface area contributed by atoms with Crippen molar-refractivity contribution in [1.82, 2.24) is 10.2 Å². The van der Waals surface area contributed by atoms with Crippen LogP contribution in [-0.4, -0.2) is 62.6 Å². The Morgan fingerprint density at radius 1 is 1.29 bits per heavy atom. The van der Waals surface area contributed by atoms with Gasteiger partial charge < -0.3 is 24.8 Å². The average Bonchev–Trinajstić information content (AvgIpc) is 2.86. The molecule has 0 unspecified atom stereocenters. The largest absolute Gasteiger partial charge is 0.491 e. The van der Waals surface area contributed by atoms with Gasteiger partial charge in [-0.05, 0) is 31.2 Å². The van der Waals surface area contributed by atoms with Crippen molar-refractivity contribution in [3.63, 3.8) is 0 Å². The molecule has 0 bridgehead atoms. The molecule has 2 atom stereocenters. The lowest BCUT2D eigenvalue weighted by Crippen LogP contribution is -2.34. The molecule has 21 heavy (non-hydrogen) atoms. The number of methoxy groups -OCH3 is 1. The van der Waals surface area contributed by atoms with Gasteiger partial charge in [-0.1, -0.05) is 12.1 Å². The second-order valence-corrected chi connectivity index (χ2v) is 5.68. The monoisotopic (exact) mass is 294 g/mol. The van der Waals surface area contributed by atoms with Crippen LogP contribution in [0.1, 0.15) is 12.0 Å². The molecule has 0 saturated carbocycles. The fraction of sp³-hybridized carbons (Fsp3) is 0.625. The molecule has 118 valence electrons. The smallest absolute Gasteiger partial charge is 0.119 e. The highest BCUT2D eigenvalue weighted by atomic mass is 16.5. The van der Waals surface area contributed by atoms with Gasteiger partial charge in [-0.25, -0.2) is 0 Å². The van der Waals surface area contributed by atoms with Crippen molar-refractivity contribution in [2.75, 3.05) is 40.5 Å². The van der Waals surface area contributed by atoms with Crippen molar-refractivity contribution in [3.8, 4) is 5.75 Å². The molecule has 0 aromatic heterocycles. The summed E-state index contributed by atoms with van der Waals surface area (Å²) in [7, 11) is 3.77. The lowest BCUT2D eigenvalue weighted by molar-refractivity contribution is 0.146. The van der Waals surface area contributed by atoms with Crippen molar-refractivity contribution >= 4 is 0 Å². The van der Waals surface area contributed by atoms with Crippen LogP contribution < -0.4 is 10.1 Å². The zero-order chi connectivity index (χ0) is 15.1. The van der Waals surface area contributed by atoms with Gasteiger partial charge in [0, 0.05) is 32.8 Å². The van der Waals surface area contributed by atoms with E-state index in [2.05, 4.69) is 29.4 Å². The number of hydrogen-bond acceptors (Lipinski definition) is 5. The Balaban J connectivity index is 1.74. The minimum absolute atomic E-state index is 0.188. The Hall–Kier alpha value is -1.14. The molecule has 1 aliphatic heterocycles. The number of hydrogen-bond donors (Lipinski definition) is 2. The Morgan fingerprint density at radius 3 is 2.67 bits per heavy atom. The maximum atomic E-state index is 9.52. The van der Waals surface area contributed by atoms with Gasteiger partial charge in [-0.3, -0.25) is 0 Å². The highest BCUT2D eigenvalue weighted by Gasteiger charge is 2.22. The summed E-state index contributed by atoms with van der Waals surface area (Å²) in [6.07, 6.45) is 0.656. The van der Waals surface area contributed by atoms with Crippen molar-refractivity contribution < 1.29 is 14.6 Å². The van der Waals surface area contributed by atoms with E-state index in [4.69, 9.17) is 9.47 Å². The summed E-state index contributed by atoms with van der Waals surface area (Å²) in [5.74, 6) is 0.874. The summed E-state index contributed by atoms with van der Waals surface area (Å²) in [5.41, 5.74) is 1.26. The highest BCUT2D eigenvalue weighted by Crippen LogP contribution is 2.14. The standard InChI is InChI=1S/C16H26N2O3/c1-18(12-14-9-15(19)10-17-14)11-13-3-5-16(6-4-13)21-8-7-20-2/h3-6,14-15,17,19H,7-12H2,1-2H3/t14-,15+/m0/s1. The first-order chi connectivity index (χ1) is 10.2. The van der Waals surface area contributed by atoms with Gasteiger partial charge in [0.25, 0.3) is 0 Å². The summed E-state index contributed by atoms with van der Waals surface area (Å²) >= 11 is 0. The number of nitrogens with one attached hydrogen (secondary N) is 1. The van der Waals surface area contributed by atoms with Crippen LogP contribution in [0.5, 0.6) is 5.75 Å². The topological polar surface area (TPSA) is 54.0 Å². The molecule has 0 amide bonds. The van der Waals surface area contributed by atoms with E-state index in [1.807, 2.05) is 12.1 Å². The van der Waals surface area contributed by atoms with E-state index in [1.165, 1.54) is 5.56 Å². The molecule has 1 saturated heterocycles. The number of β-amino-alcohol motifs (C(OH)–C–C–N with tert-alkyl or cyclic N) is 1. The fourth-order valence-electron chi connectivity index (χ4n) is 2.62. The van der Waals surface area contributed by atoms with Crippen molar-refractivity contribution in [2.24, 2.45) is 0 Å². The zero-order valence-corrected chi connectivity index (χ0v) is 12.9. The van der Waals surface area contributed by atoms with Crippen molar-refractivity contribution in [2.45, 2.75) is 25.1 Å². The van der Waals surface area contributed by atoms with Crippen LogP contribution in [0.2, 0.25) is 0 Å². The van der Waals surface area contributed by atoms with Gasteiger partial charge in [-0.2, -0.15) is 0 Å². The van der Waals surface area contributed by atoms with Crippen LogP contribution in [0.25, 0.3) is 0 Å². The van der Waals surface area contributed by atoms with E-state index in [9.17, 15) is 5.11 Å². The number of aliphatic hydroxyl groups excluding tert-OH is 1. The minimum atomic E-state index is -0.188. The fourth-order valence-corrected chi connectivity index (χ4v) is 2.62. The Labute approximate surface area is 126 Å². The summed E-state index contributed by atoms with van der Waals surface area (Å²) in [6, 6.07) is 8.57. The van der Waals surface area contributed by atoms with E-state index in [0.717, 1.165) is 25.3 Å². The number of aliphatic hydroxyl groups is 1. The van der Waals surface area contributed by atoms with E-state index >= 15 is 0 Å². The Morgan fingerprint density at radius 2 is 2.05 bits per heavy atom. The molecule has 1 aliphatic rings. The molecule has 0 radical (unpaired) electrons. The first kappa shape index (κ1) is 16.2. The maximum Gasteiger partial charge on any atom is 0.119 e. The molecule has 5 nitrogen and oxygen atoms in total. The zero-order valence-electron chi connectivity index (χ0n) is 12.9. The second-order valence-electron chi connectivity index (χ2n) is 5.68. The molecule has 5 heteroatoms. The summed E-state index contributed by atoms with van der Waals surface area (Å²) in [6.45, 7) is 3.73. The number of benzene rings is 1. The van der Waals surface area contributed by atoms with Crippen LogP contribution in [0.15, 0.2) is 24.3 Å². The predicted octanol–water partition coefficient (Wildman–Crippen LogP) is 0.866. The molecule has 1 fully saturated rings. The average molecular weight is 294 g/mol. The van der Waals surface area contributed by atoms with Crippen LogP contribution >= 0.6 is 0 Å². The molecular formula is C16H26N2O3. The van der Waals surface area contributed by atoms with Crippen LogP contribution in [0.3, 0.4) is 0 Å². The molecule has 2 N–H and O–H groups in total. The van der Waals surface area contributed by atoms with Gasteiger partial charge in [0.15, 0.2) is 0 Å². The SMILES string of the molecule is COCCOc1ccc(CN(C)C[C@@H]2C[C@@H](O)CN2)cc1. The second kappa shape index (κ2) is 8.34. The minimum Gasteiger partial charge on any atom is -0.491 e. The van der Waals surface area contributed by atoms with E-state index < -0.39 is 0 Å². The summed E-state index contributed by atoms with van der Waals surface area (Å²) < 4.78 is 10.5. The van der Waals surface area contributed by atoms with Gasteiger partial charge in [0.1, 0.15) is 12.4 Å². The first-order valence-corrected chi connectivity index (χ1v) is 7.48. The molecule has 2 rings (SSSR count). The summed E-state index contributed by atoms with van der Waals surface area (Å²) in [5, 5.41) is 12.9. The van der Waals surface area contributed by atoms with E-state index in [0.29, 0.717) is 25.8 Å². The van der Waals surface area contributed by atoms with E-state index in [1.54, 1.807) is 7.11 Å². The van der Waals surface area contributed by atoms with Crippen LogP contribution in [-0.2, 0) is 11.3 Å². The first-order valence-electron chi connectivity index (χ1n) is 7.48. The molecule has 1 aromatic rings.